The molecule has 1 rings (SSSR count). The zero-order valence-electron chi connectivity index (χ0n) is 9.44. The number of carbonyl (C=O) groups excluding carboxylic acids is 1. The fourth-order valence-electron chi connectivity index (χ4n) is 1.60. The highest BCUT2D eigenvalue weighted by Crippen LogP contribution is 2.08. The molecule has 0 spiro atoms. The van der Waals surface area contributed by atoms with Crippen molar-refractivity contribution in [3.8, 4) is 0 Å². The maximum absolute atomic E-state index is 11.7. The molecule has 0 amide bonds. The Morgan fingerprint density at radius 2 is 2.40 bits per heavy atom. The van der Waals surface area contributed by atoms with Gasteiger partial charge in [-0.15, -0.1) is 0 Å². The fraction of sp³-hybridized carbons (Fsp3) is 0.636. The average molecular weight is 209 g/mol. The molecule has 1 aromatic heterocycles. The second kappa shape index (κ2) is 5.66. The van der Waals surface area contributed by atoms with E-state index in [0.29, 0.717) is 19.4 Å². The minimum atomic E-state index is 0.0188. The lowest BCUT2D eigenvalue weighted by Gasteiger charge is -2.10. The van der Waals surface area contributed by atoms with Crippen molar-refractivity contribution in [3.05, 3.63) is 18.2 Å². The SMILES string of the molecule is CCC(CN)C(=O)CCc1nccn1C. The molecule has 2 N–H and O–H groups in total. The van der Waals surface area contributed by atoms with Crippen molar-refractivity contribution in [3.63, 3.8) is 0 Å². The van der Waals surface area contributed by atoms with Gasteiger partial charge in [0.25, 0.3) is 0 Å². The van der Waals surface area contributed by atoms with Gasteiger partial charge in [-0.05, 0) is 6.42 Å². The zero-order valence-corrected chi connectivity index (χ0v) is 9.44. The summed E-state index contributed by atoms with van der Waals surface area (Å²) in [5.41, 5.74) is 5.52. The number of hydrogen-bond donors (Lipinski definition) is 1. The topological polar surface area (TPSA) is 60.9 Å². The number of nitrogens with two attached hydrogens (primary N) is 1. The molecule has 1 heterocycles. The zero-order chi connectivity index (χ0) is 11.3. The lowest BCUT2D eigenvalue weighted by atomic mass is 9.98. The monoisotopic (exact) mass is 209 g/mol. The molecule has 0 saturated carbocycles. The normalized spacial score (nSPS) is 12.7. The molecule has 4 heteroatoms. The van der Waals surface area contributed by atoms with E-state index in [1.807, 2.05) is 24.7 Å². The van der Waals surface area contributed by atoms with Crippen LogP contribution < -0.4 is 5.73 Å². The van der Waals surface area contributed by atoms with Crippen molar-refractivity contribution >= 4 is 5.78 Å². The average Bonchev–Trinajstić information content (AvgIpc) is 2.63. The van der Waals surface area contributed by atoms with Gasteiger partial charge in [-0.25, -0.2) is 4.98 Å². The van der Waals surface area contributed by atoms with E-state index in [1.54, 1.807) is 6.20 Å². The van der Waals surface area contributed by atoms with Crippen molar-refractivity contribution in [2.45, 2.75) is 26.2 Å². The maximum atomic E-state index is 11.7. The van der Waals surface area contributed by atoms with Crippen molar-refractivity contribution in [1.82, 2.24) is 9.55 Å². The fourth-order valence-corrected chi connectivity index (χ4v) is 1.60. The van der Waals surface area contributed by atoms with Gasteiger partial charge < -0.3 is 10.3 Å². The minimum Gasteiger partial charge on any atom is -0.338 e. The summed E-state index contributed by atoms with van der Waals surface area (Å²) < 4.78 is 1.94. The number of rotatable bonds is 6. The molecular formula is C11H19N3O. The molecule has 0 aromatic carbocycles. The van der Waals surface area contributed by atoms with E-state index >= 15 is 0 Å². The van der Waals surface area contributed by atoms with Gasteiger partial charge in [-0.2, -0.15) is 0 Å². The molecule has 84 valence electrons. The molecule has 1 aromatic rings. The molecule has 0 aliphatic carbocycles. The van der Waals surface area contributed by atoms with Gasteiger partial charge in [-0.1, -0.05) is 6.92 Å². The van der Waals surface area contributed by atoms with Gasteiger partial charge >= 0.3 is 0 Å². The Kier molecular flexibility index (Phi) is 4.49. The van der Waals surface area contributed by atoms with Crippen LogP contribution in [0, 0.1) is 5.92 Å². The molecule has 0 bridgehead atoms. The Morgan fingerprint density at radius 1 is 1.67 bits per heavy atom. The van der Waals surface area contributed by atoms with Gasteiger partial charge in [0.2, 0.25) is 0 Å². The molecule has 0 saturated heterocycles. The van der Waals surface area contributed by atoms with E-state index in [0.717, 1.165) is 12.2 Å². The standard InChI is InChI=1S/C11H19N3O/c1-3-9(8-12)10(15)4-5-11-13-6-7-14(11)2/h6-7,9H,3-5,8,12H2,1-2H3. The highest BCUT2D eigenvalue weighted by atomic mass is 16.1. The van der Waals surface area contributed by atoms with Crippen LogP contribution in [0.25, 0.3) is 0 Å². The number of Topliss-reactive ketones (excluding diaryl/α,β-unsaturated/α-hetero) is 1. The first-order valence-corrected chi connectivity index (χ1v) is 5.38. The third-order valence-electron chi connectivity index (χ3n) is 2.75. The maximum Gasteiger partial charge on any atom is 0.137 e. The van der Waals surface area contributed by atoms with Crippen LogP contribution in [0.5, 0.6) is 0 Å². The summed E-state index contributed by atoms with van der Waals surface area (Å²) in [5, 5.41) is 0. The first kappa shape index (κ1) is 11.9. The molecular weight excluding hydrogens is 190 g/mol. The van der Waals surface area contributed by atoms with E-state index < -0.39 is 0 Å². The van der Waals surface area contributed by atoms with E-state index in [4.69, 9.17) is 5.73 Å². The van der Waals surface area contributed by atoms with Crippen LogP contribution in [0.15, 0.2) is 12.4 Å². The molecule has 15 heavy (non-hydrogen) atoms. The van der Waals surface area contributed by atoms with Crippen molar-refractivity contribution in [1.29, 1.82) is 0 Å². The minimum absolute atomic E-state index is 0.0188. The molecule has 4 nitrogen and oxygen atoms in total. The highest BCUT2D eigenvalue weighted by molar-refractivity contribution is 5.81. The molecule has 1 unspecified atom stereocenters. The second-order valence-corrected chi connectivity index (χ2v) is 3.76. The van der Waals surface area contributed by atoms with Crippen LogP contribution in [0.2, 0.25) is 0 Å². The first-order valence-electron chi connectivity index (χ1n) is 5.38. The largest absolute Gasteiger partial charge is 0.338 e. The summed E-state index contributed by atoms with van der Waals surface area (Å²) in [6, 6.07) is 0. The van der Waals surface area contributed by atoms with Crippen molar-refractivity contribution < 1.29 is 4.79 Å². The summed E-state index contributed by atoms with van der Waals surface area (Å²) in [4.78, 5) is 15.9. The number of hydrogen-bond acceptors (Lipinski definition) is 3. The van der Waals surface area contributed by atoms with Gasteiger partial charge in [0.15, 0.2) is 0 Å². The smallest absolute Gasteiger partial charge is 0.137 e. The quantitative estimate of drug-likeness (QED) is 0.757. The van der Waals surface area contributed by atoms with Crippen molar-refractivity contribution in [2.24, 2.45) is 18.7 Å². The predicted molar refractivity (Wildman–Crippen MR) is 59.4 cm³/mol. The molecule has 0 radical (unpaired) electrons. The van der Waals surface area contributed by atoms with Gasteiger partial charge in [0.05, 0.1) is 0 Å². The van der Waals surface area contributed by atoms with Crippen molar-refractivity contribution in [2.75, 3.05) is 6.54 Å². The Labute approximate surface area is 90.5 Å². The van der Waals surface area contributed by atoms with Crippen LogP contribution in [0.4, 0.5) is 0 Å². The van der Waals surface area contributed by atoms with E-state index in [9.17, 15) is 4.79 Å². The van der Waals surface area contributed by atoms with Gasteiger partial charge in [0.1, 0.15) is 11.6 Å². The summed E-state index contributed by atoms with van der Waals surface area (Å²) in [6.07, 6.45) is 5.72. The van der Waals surface area contributed by atoms with E-state index in [-0.39, 0.29) is 11.7 Å². The van der Waals surface area contributed by atoms with Crippen LogP contribution in [0.3, 0.4) is 0 Å². The lowest BCUT2D eigenvalue weighted by molar-refractivity contribution is -0.122. The van der Waals surface area contributed by atoms with Crippen LogP contribution >= 0.6 is 0 Å². The van der Waals surface area contributed by atoms with E-state index in [1.165, 1.54) is 0 Å². The Bertz CT molecular complexity index is 315. The number of ketones is 1. The first-order chi connectivity index (χ1) is 7.19. The highest BCUT2D eigenvalue weighted by Gasteiger charge is 2.14. The van der Waals surface area contributed by atoms with Crippen LogP contribution in [0.1, 0.15) is 25.6 Å². The summed E-state index contributed by atoms with van der Waals surface area (Å²) in [5.74, 6) is 1.23. The number of aryl methyl sites for hydroxylation is 2. The summed E-state index contributed by atoms with van der Waals surface area (Å²) in [6.45, 7) is 2.45. The van der Waals surface area contributed by atoms with E-state index in [2.05, 4.69) is 4.98 Å². The number of nitrogens with zero attached hydrogens (tertiary/aromatic N) is 2. The Balaban J connectivity index is 2.43. The molecule has 0 fully saturated rings. The second-order valence-electron chi connectivity index (χ2n) is 3.76. The van der Waals surface area contributed by atoms with Gasteiger partial charge in [0, 0.05) is 44.7 Å². The van der Waals surface area contributed by atoms with Crippen LogP contribution in [-0.2, 0) is 18.3 Å². The third kappa shape index (κ3) is 3.16. The third-order valence-corrected chi connectivity index (χ3v) is 2.75. The van der Waals surface area contributed by atoms with Crippen LogP contribution in [-0.4, -0.2) is 21.9 Å². The molecule has 1 atom stereocenters. The summed E-state index contributed by atoms with van der Waals surface area (Å²) in [7, 11) is 1.94. The van der Waals surface area contributed by atoms with Gasteiger partial charge in [-0.3, -0.25) is 4.79 Å². The lowest BCUT2D eigenvalue weighted by Crippen LogP contribution is -2.23. The number of carbonyl (C=O) groups is 1. The Morgan fingerprint density at radius 3 is 2.87 bits per heavy atom. The number of imidazole rings is 1. The summed E-state index contributed by atoms with van der Waals surface area (Å²) >= 11 is 0. The molecule has 0 aliphatic heterocycles. The molecule has 0 aliphatic rings. The number of aromatic nitrogens is 2. The predicted octanol–water partition coefficient (Wildman–Crippen LogP) is 0.907. The Hall–Kier alpha value is -1.16.